The third kappa shape index (κ3) is 2.53. The average Bonchev–Trinajstić information content (AvgIpc) is 2.51. The molecule has 1 unspecified atom stereocenters. The Balaban J connectivity index is 2.11. The molecule has 0 saturated carbocycles. The second-order valence-electron chi connectivity index (χ2n) is 6.50. The summed E-state index contributed by atoms with van der Waals surface area (Å²) in [6.45, 7) is 6.05. The third-order valence-corrected chi connectivity index (χ3v) is 4.94. The molecule has 4 heteroatoms. The minimum atomic E-state index is -0.867. The number of nitrogens with two attached hydrogens (primary N) is 1. The van der Waals surface area contributed by atoms with E-state index in [0.29, 0.717) is 6.04 Å². The fourth-order valence-electron chi connectivity index (χ4n) is 3.57. The van der Waals surface area contributed by atoms with Crippen LogP contribution in [0.25, 0.3) is 0 Å². The van der Waals surface area contributed by atoms with Crippen molar-refractivity contribution in [1.82, 2.24) is 9.88 Å². The highest BCUT2D eigenvalue weighted by molar-refractivity contribution is 5.91. The van der Waals surface area contributed by atoms with Crippen molar-refractivity contribution in [2.24, 2.45) is 11.7 Å². The van der Waals surface area contributed by atoms with Gasteiger partial charge in [0.2, 0.25) is 5.91 Å². The summed E-state index contributed by atoms with van der Waals surface area (Å²) in [6.07, 6.45) is 1.73. The number of pyridine rings is 1. The molecule has 0 spiro atoms. The Morgan fingerprint density at radius 3 is 2.35 bits per heavy atom. The molecule has 1 fully saturated rings. The van der Waals surface area contributed by atoms with E-state index >= 15 is 0 Å². The van der Waals surface area contributed by atoms with Crippen molar-refractivity contribution in [3.8, 4) is 0 Å². The molecule has 4 nitrogen and oxygen atoms in total. The molecule has 1 atom stereocenters. The summed E-state index contributed by atoms with van der Waals surface area (Å²) in [5, 5.41) is 0. The molecule has 0 radical (unpaired) electrons. The Labute approximate surface area is 137 Å². The molecular weight excluding hydrogens is 286 g/mol. The number of amides is 1. The largest absolute Gasteiger partial charge is 0.369 e. The molecule has 1 aliphatic heterocycles. The second-order valence-corrected chi connectivity index (χ2v) is 6.50. The summed E-state index contributed by atoms with van der Waals surface area (Å²) >= 11 is 0. The lowest BCUT2D eigenvalue weighted by Crippen LogP contribution is -2.62. The monoisotopic (exact) mass is 309 g/mol. The Kier molecular flexibility index (Phi) is 4.18. The Bertz CT molecular complexity index is 624. The molecule has 1 amide bonds. The van der Waals surface area contributed by atoms with Crippen LogP contribution in [0.15, 0.2) is 54.7 Å². The SMILES string of the molecule is CC(C)N1CC(C(C(N)=O)(c2ccccc2)c2ccccn2)C1. The normalized spacial score (nSPS) is 18.4. The Hall–Kier alpha value is -2.20. The molecule has 2 heterocycles. The van der Waals surface area contributed by atoms with E-state index in [1.807, 2.05) is 48.5 Å². The maximum absolute atomic E-state index is 12.7. The maximum atomic E-state index is 12.7. The van der Waals surface area contributed by atoms with Crippen LogP contribution in [0.2, 0.25) is 0 Å². The van der Waals surface area contributed by atoms with Crippen molar-refractivity contribution >= 4 is 5.91 Å². The van der Waals surface area contributed by atoms with Crippen molar-refractivity contribution in [2.75, 3.05) is 13.1 Å². The molecular formula is C19H23N3O. The smallest absolute Gasteiger partial charge is 0.234 e. The highest BCUT2D eigenvalue weighted by Crippen LogP contribution is 2.43. The summed E-state index contributed by atoms with van der Waals surface area (Å²) in [6, 6.07) is 16.0. The zero-order valence-electron chi connectivity index (χ0n) is 13.6. The summed E-state index contributed by atoms with van der Waals surface area (Å²) in [5.41, 5.74) is 6.78. The number of carbonyl (C=O) groups excluding carboxylic acids is 1. The average molecular weight is 309 g/mol. The lowest BCUT2D eigenvalue weighted by molar-refractivity contribution is -0.127. The van der Waals surface area contributed by atoms with E-state index in [0.717, 1.165) is 24.3 Å². The summed E-state index contributed by atoms with van der Waals surface area (Å²) in [4.78, 5) is 19.6. The van der Waals surface area contributed by atoms with Crippen LogP contribution in [-0.2, 0) is 10.2 Å². The second kappa shape index (κ2) is 6.13. The van der Waals surface area contributed by atoms with Crippen LogP contribution in [0.3, 0.4) is 0 Å². The first-order valence-corrected chi connectivity index (χ1v) is 8.07. The number of aromatic nitrogens is 1. The molecule has 2 aromatic rings. The van der Waals surface area contributed by atoms with Gasteiger partial charge in [-0.05, 0) is 31.5 Å². The van der Waals surface area contributed by atoms with Crippen molar-refractivity contribution in [3.05, 3.63) is 66.0 Å². The van der Waals surface area contributed by atoms with Gasteiger partial charge in [-0.3, -0.25) is 9.78 Å². The van der Waals surface area contributed by atoms with Crippen molar-refractivity contribution < 1.29 is 4.79 Å². The first-order valence-electron chi connectivity index (χ1n) is 8.07. The molecule has 2 N–H and O–H groups in total. The highest BCUT2D eigenvalue weighted by Gasteiger charge is 2.53. The zero-order chi connectivity index (χ0) is 16.4. The standard InChI is InChI=1S/C19H23N3O/c1-14(2)22-12-16(13-22)19(18(20)23,15-8-4-3-5-9-15)17-10-6-7-11-21-17/h3-11,14,16H,12-13H2,1-2H3,(H2,20,23). The minimum Gasteiger partial charge on any atom is -0.369 e. The van der Waals surface area contributed by atoms with Gasteiger partial charge in [0.25, 0.3) is 0 Å². The number of primary amides is 1. The highest BCUT2D eigenvalue weighted by atomic mass is 16.1. The molecule has 23 heavy (non-hydrogen) atoms. The molecule has 0 aliphatic carbocycles. The van der Waals surface area contributed by atoms with Crippen molar-refractivity contribution in [2.45, 2.75) is 25.3 Å². The maximum Gasteiger partial charge on any atom is 0.234 e. The van der Waals surface area contributed by atoms with Gasteiger partial charge in [-0.15, -0.1) is 0 Å². The quantitative estimate of drug-likeness (QED) is 0.921. The number of benzene rings is 1. The van der Waals surface area contributed by atoms with Crippen LogP contribution in [0, 0.1) is 5.92 Å². The Morgan fingerprint density at radius 1 is 1.17 bits per heavy atom. The van der Waals surface area contributed by atoms with E-state index in [4.69, 9.17) is 5.73 Å². The number of rotatable bonds is 5. The predicted molar refractivity (Wildman–Crippen MR) is 90.9 cm³/mol. The van der Waals surface area contributed by atoms with Gasteiger partial charge in [0.15, 0.2) is 0 Å². The number of nitrogens with zero attached hydrogens (tertiary/aromatic N) is 2. The van der Waals surface area contributed by atoms with Gasteiger partial charge < -0.3 is 10.6 Å². The Morgan fingerprint density at radius 2 is 1.83 bits per heavy atom. The van der Waals surface area contributed by atoms with Crippen LogP contribution in [0.4, 0.5) is 0 Å². The van der Waals surface area contributed by atoms with Gasteiger partial charge in [0, 0.05) is 31.2 Å². The fourth-order valence-corrected chi connectivity index (χ4v) is 3.57. The van der Waals surface area contributed by atoms with Crippen LogP contribution < -0.4 is 5.73 Å². The number of carbonyl (C=O) groups is 1. The molecule has 1 saturated heterocycles. The fraction of sp³-hybridized carbons (Fsp3) is 0.368. The summed E-state index contributed by atoms with van der Waals surface area (Å²) in [5.74, 6) is -0.185. The van der Waals surface area contributed by atoms with Crippen molar-refractivity contribution in [1.29, 1.82) is 0 Å². The first kappa shape index (κ1) is 15.7. The topological polar surface area (TPSA) is 59.2 Å². The van der Waals surface area contributed by atoms with E-state index in [2.05, 4.69) is 23.7 Å². The molecule has 3 rings (SSSR count). The first-order chi connectivity index (χ1) is 11.1. The van der Waals surface area contributed by atoms with Gasteiger partial charge in [-0.2, -0.15) is 0 Å². The number of hydrogen-bond acceptors (Lipinski definition) is 3. The van der Waals surface area contributed by atoms with Crippen LogP contribution in [0.1, 0.15) is 25.1 Å². The van der Waals surface area contributed by atoms with E-state index in [9.17, 15) is 4.79 Å². The van der Waals surface area contributed by atoms with E-state index in [1.54, 1.807) is 6.20 Å². The third-order valence-electron chi connectivity index (χ3n) is 4.94. The van der Waals surface area contributed by atoms with Gasteiger partial charge in [-0.25, -0.2) is 0 Å². The molecule has 120 valence electrons. The van der Waals surface area contributed by atoms with Crippen molar-refractivity contribution in [3.63, 3.8) is 0 Å². The predicted octanol–water partition coefficient (Wildman–Crippen LogP) is 2.19. The number of likely N-dealkylation sites (tertiary alicyclic amines) is 1. The van der Waals surface area contributed by atoms with Gasteiger partial charge in [-0.1, -0.05) is 36.4 Å². The lowest BCUT2D eigenvalue weighted by atomic mass is 9.64. The van der Waals surface area contributed by atoms with Crippen LogP contribution in [0.5, 0.6) is 0 Å². The van der Waals surface area contributed by atoms with E-state index in [1.165, 1.54) is 0 Å². The summed E-state index contributed by atoms with van der Waals surface area (Å²) < 4.78 is 0. The van der Waals surface area contributed by atoms with Gasteiger partial charge >= 0.3 is 0 Å². The van der Waals surface area contributed by atoms with Crippen LogP contribution >= 0.6 is 0 Å². The lowest BCUT2D eigenvalue weighted by Gasteiger charge is -2.50. The minimum absolute atomic E-state index is 0.139. The zero-order valence-corrected chi connectivity index (χ0v) is 13.6. The number of hydrogen-bond donors (Lipinski definition) is 1. The molecule has 1 aliphatic rings. The van der Waals surface area contributed by atoms with E-state index < -0.39 is 5.41 Å². The van der Waals surface area contributed by atoms with E-state index in [-0.39, 0.29) is 11.8 Å². The molecule has 0 bridgehead atoms. The van der Waals surface area contributed by atoms with Gasteiger partial charge in [0.05, 0.1) is 5.69 Å². The molecule has 1 aromatic heterocycles. The van der Waals surface area contributed by atoms with Gasteiger partial charge in [0.1, 0.15) is 5.41 Å². The summed E-state index contributed by atoms with van der Waals surface area (Å²) in [7, 11) is 0. The van der Waals surface area contributed by atoms with Crippen LogP contribution in [-0.4, -0.2) is 34.9 Å². The molecule has 1 aromatic carbocycles.